The van der Waals surface area contributed by atoms with Gasteiger partial charge in [0, 0.05) is 19.6 Å². The maximum atomic E-state index is 6.43. The van der Waals surface area contributed by atoms with Gasteiger partial charge in [-0.25, -0.2) is 0 Å². The topological polar surface area (TPSA) is 15.3 Å². The third-order valence-electron chi connectivity index (χ3n) is 3.42. The predicted molar refractivity (Wildman–Crippen MR) is 79.4 cm³/mol. The van der Waals surface area contributed by atoms with E-state index < -0.39 is 0 Å². The second kappa shape index (κ2) is 6.44. The Hall–Kier alpha value is -0.730. The third-order valence-corrected chi connectivity index (χ3v) is 3.73. The fraction of sp³-hybridized carbons (Fsp3) is 0.600. The molecule has 0 amide bonds. The SMILES string of the molecule is CCCN(CC1CC1)c1c(Cl)cccc1CNC. The number of rotatable bonds is 7. The summed E-state index contributed by atoms with van der Waals surface area (Å²) in [5.41, 5.74) is 2.54. The molecule has 3 heteroatoms. The van der Waals surface area contributed by atoms with Gasteiger partial charge < -0.3 is 10.2 Å². The number of nitrogens with zero attached hydrogens (tertiary/aromatic N) is 1. The molecule has 0 saturated heterocycles. The largest absolute Gasteiger partial charge is 0.370 e. The average Bonchev–Trinajstić information content (AvgIpc) is 3.13. The summed E-state index contributed by atoms with van der Waals surface area (Å²) < 4.78 is 0. The van der Waals surface area contributed by atoms with Crippen molar-refractivity contribution in [3.63, 3.8) is 0 Å². The van der Waals surface area contributed by atoms with E-state index in [1.165, 1.54) is 24.1 Å². The molecular weight excluding hydrogens is 244 g/mol. The highest BCUT2D eigenvalue weighted by Crippen LogP contribution is 2.35. The normalized spacial score (nSPS) is 14.8. The minimum Gasteiger partial charge on any atom is -0.370 e. The Kier molecular flexibility index (Phi) is 4.90. The first kappa shape index (κ1) is 13.7. The standard InChI is InChI=1S/C15H23ClN2/c1-3-9-18(11-12-7-8-12)15-13(10-17-2)5-4-6-14(15)16/h4-6,12,17H,3,7-11H2,1-2H3. The van der Waals surface area contributed by atoms with E-state index in [1.807, 2.05) is 19.2 Å². The molecule has 1 aliphatic rings. The molecule has 0 aromatic heterocycles. The smallest absolute Gasteiger partial charge is 0.0642 e. The van der Waals surface area contributed by atoms with Crippen molar-refractivity contribution in [2.24, 2.45) is 5.92 Å². The molecule has 0 unspecified atom stereocenters. The maximum absolute atomic E-state index is 6.43. The van der Waals surface area contributed by atoms with Crippen molar-refractivity contribution < 1.29 is 0 Å². The number of benzene rings is 1. The van der Waals surface area contributed by atoms with Gasteiger partial charge in [0.25, 0.3) is 0 Å². The highest BCUT2D eigenvalue weighted by molar-refractivity contribution is 6.33. The van der Waals surface area contributed by atoms with E-state index >= 15 is 0 Å². The molecule has 0 atom stereocenters. The summed E-state index contributed by atoms with van der Waals surface area (Å²) in [7, 11) is 1.98. The Morgan fingerprint density at radius 3 is 2.78 bits per heavy atom. The first-order valence-electron chi connectivity index (χ1n) is 6.93. The minimum absolute atomic E-state index is 0.876. The maximum Gasteiger partial charge on any atom is 0.0642 e. The summed E-state index contributed by atoms with van der Waals surface area (Å²) in [6.07, 6.45) is 3.93. The summed E-state index contributed by atoms with van der Waals surface area (Å²) in [6.45, 7) is 5.36. The van der Waals surface area contributed by atoms with E-state index in [4.69, 9.17) is 11.6 Å². The molecule has 2 nitrogen and oxygen atoms in total. The average molecular weight is 267 g/mol. The van der Waals surface area contributed by atoms with E-state index in [1.54, 1.807) is 0 Å². The predicted octanol–water partition coefficient (Wildman–Crippen LogP) is 3.69. The highest BCUT2D eigenvalue weighted by Gasteiger charge is 2.25. The van der Waals surface area contributed by atoms with E-state index in [0.29, 0.717) is 0 Å². The van der Waals surface area contributed by atoms with Crippen molar-refractivity contribution in [1.82, 2.24) is 5.32 Å². The number of nitrogens with one attached hydrogen (secondary N) is 1. The minimum atomic E-state index is 0.876. The van der Waals surface area contributed by atoms with Crippen LogP contribution in [-0.4, -0.2) is 20.1 Å². The Labute approximate surface area is 115 Å². The number of hydrogen-bond donors (Lipinski definition) is 1. The van der Waals surface area contributed by atoms with Gasteiger partial charge in [-0.2, -0.15) is 0 Å². The van der Waals surface area contributed by atoms with Gasteiger partial charge in [-0.3, -0.25) is 0 Å². The molecule has 0 spiro atoms. The Morgan fingerprint density at radius 1 is 1.39 bits per heavy atom. The van der Waals surface area contributed by atoms with Crippen LogP contribution in [0.2, 0.25) is 5.02 Å². The van der Waals surface area contributed by atoms with Gasteiger partial charge >= 0.3 is 0 Å². The first-order chi connectivity index (χ1) is 8.76. The van der Waals surface area contributed by atoms with Crippen molar-refractivity contribution in [3.8, 4) is 0 Å². The summed E-state index contributed by atoms with van der Waals surface area (Å²) in [5, 5.41) is 4.12. The van der Waals surface area contributed by atoms with E-state index in [9.17, 15) is 0 Å². The lowest BCUT2D eigenvalue weighted by atomic mass is 10.1. The van der Waals surface area contributed by atoms with Gasteiger partial charge in [0.1, 0.15) is 0 Å². The lowest BCUT2D eigenvalue weighted by Gasteiger charge is -2.28. The molecule has 1 aliphatic carbocycles. The highest BCUT2D eigenvalue weighted by atomic mass is 35.5. The molecule has 1 saturated carbocycles. The Bertz CT molecular complexity index is 388. The van der Waals surface area contributed by atoms with Gasteiger partial charge in [0.15, 0.2) is 0 Å². The van der Waals surface area contributed by atoms with Crippen LogP contribution in [0.3, 0.4) is 0 Å². The van der Waals surface area contributed by atoms with Gasteiger partial charge in [-0.15, -0.1) is 0 Å². The third kappa shape index (κ3) is 3.39. The fourth-order valence-electron chi connectivity index (χ4n) is 2.42. The lowest BCUT2D eigenvalue weighted by Crippen LogP contribution is -2.28. The van der Waals surface area contributed by atoms with Crippen LogP contribution < -0.4 is 10.2 Å². The second-order valence-electron chi connectivity index (χ2n) is 5.17. The van der Waals surface area contributed by atoms with Crippen molar-refractivity contribution in [2.45, 2.75) is 32.7 Å². The lowest BCUT2D eigenvalue weighted by molar-refractivity contribution is 0.700. The molecule has 0 bridgehead atoms. The number of hydrogen-bond acceptors (Lipinski definition) is 2. The monoisotopic (exact) mass is 266 g/mol. The zero-order valence-corrected chi connectivity index (χ0v) is 12.1. The van der Waals surface area contributed by atoms with Crippen LogP contribution in [0.15, 0.2) is 18.2 Å². The molecule has 1 aromatic carbocycles. The molecule has 18 heavy (non-hydrogen) atoms. The second-order valence-corrected chi connectivity index (χ2v) is 5.57. The van der Waals surface area contributed by atoms with Gasteiger partial charge in [-0.05, 0) is 43.9 Å². The summed E-state index contributed by atoms with van der Waals surface area (Å²) >= 11 is 6.43. The quantitative estimate of drug-likeness (QED) is 0.810. The molecule has 2 rings (SSSR count). The fourth-order valence-corrected chi connectivity index (χ4v) is 2.74. The molecule has 1 N–H and O–H groups in total. The molecule has 0 aliphatic heterocycles. The van der Waals surface area contributed by atoms with Crippen LogP contribution >= 0.6 is 11.6 Å². The van der Waals surface area contributed by atoms with Crippen molar-refractivity contribution in [2.75, 3.05) is 25.0 Å². The van der Waals surface area contributed by atoms with Crippen LogP contribution in [0.4, 0.5) is 5.69 Å². The van der Waals surface area contributed by atoms with E-state index in [2.05, 4.69) is 23.2 Å². The van der Waals surface area contributed by atoms with Crippen LogP contribution in [0.1, 0.15) is 31.7 Å². The molecule has 1 aromatic rings. The zero-order chi connectivity index (χ0) is 13.0. The summed E-state index contributed by atoms with van der Waals surface area (Å²) in [6, 6.07) is 6.22. The van der Waals surface area contributed by atoms with E-state index in [0.717, 1.165) is 37.0 Å². The van der Waals surface area contributed by atoms with Gasteiger partial charge in [-0.1, -0.05) is 30.7 Å². The van der Waals surface area contributed by atoms with Crippen LogP contribution in [0, 0.1) is 5.92 Å². The van der Waals surface area contributed by atoms with Crippen LogP contribution in [0.5, 0.6) is 0 Å². The molecule has 0 radical (unpaired) electrons. The summed E-state index contributed by atoms with van der Waals surface area (Å²) in [5.74, 6) is 0.884. The first-order valence-corrected chi connectivity index (χ1v) is 7.31. The van der Waals surface area contributed by atoms with Gasteiger partial charge in [0.05, 0.1) is 10.7 Å². The molecule has 100 valence electrons. The molecule has 1 fully saturated rings. The van der Waals surface area contributed by atoms with Gasteiger partial charge in [0.2, 0.25) is 0 Å². The zero-order valence-electron chi connectivity index (χ0n) is 11.4. The van der Waals surface area contributed by atoms with E-state index in [-0.39, 0.29) is 0 Å². The Balaban J connectivity index is 2.25. The number of halogens is 1. The van der Waals surface area contributed by atoms with Crippen LogP contribution in [0.25, 0.3) is 0 Å². The Morgan fingerprint density at radius 2 is 2.17 bits per heavy atom. The number of para-hydroxylation sites is 1. The molecule has 0 heterocycles. The van der Waals surface area contributed by atoms with Crippen molar-refractivity contribution >= 4 is 17.3 Å². The molecular formula is C15H23ClN2. The van der Waals surface area contributed by atoms with Crippen molar-refractivity contribution in [3.05, 3.63) is 28.8 Å². The summed E-state index contributed by atoms with van der Waals surface area (Å²) in [4.78, 5) is 2.48. The van der Waals surface area contributed by atoms with Crippen LogP contribution in [-0.2, 0) is 6.54 Å². The number of anilines is 1. The van der Waals surface area contributed by atoms with Crippen molar-refractivity contribution in [1.29, 1.82) is 0 Å².